The Hall–Kier alpha value is -3.00. The van der Waals surface area contributed by atoms with Crippen molar-refractivity contribution in [1.82, 2.24) is 19.9 Å². The molecule has 3 fully saturated rings. The Morgan fingerprint density at radius 1 is 0.875 bits per heavy atom. The van der Waals surface area contributed by atoms with Crippen LogP contribution >= 0.6 is 0 Å². The van der Waals surface area contributed by atoms with Crippen LogP contribution in [0.5, 0.6) is 0 Å². The molecule has 0 N–H and O–H groups in total. The van der Waals surface area contributed by atoms with Gasteiger partial charge in [0.2, 0.25) is 0 Å². The van der Waals surface area contributed by atoms with Crippen molar-refractivity contribution in [3.05, 3.63) is 65.7 Å². The molecule has 4 heterocycles. The molecule has 1 aromatic carbocycles. The molecule has 32 heavy (non-hydrogen) atoms. The highest BCUT2D eigenvalue weighted by molar-refractivity contribution is 5.55. The SMILES string of the molecule is Fc1cc(C2CC2c2cnc(-c3ncccn3)nc2)cc(N2CC3(CCOCC3)C2)c1F. The predicted octanol–water partition coefficient (Wildman–Crippen LogP) is 4.10. The van der Waals surface area contributed by atoms with E-state index in [-0.39, 0.29) is 17.3 Å². The van der Waals surface area contributed by atoms with Crippen molar-refractivity contribution in [3.8, 4) is 11.6 Å². The first-order valence-electron chi connectivity index (χ1n) is 11.0. The molecule has 0 amide bonds. The lowest BCUT2D eigenvalue weighted by atomic mass is 9.73. The summed E-state index contributed by atoms with van der Waals surface area (Å²) in [6, 6.07) is 4.93. The van der Waals surface area contributed by atoms with Crippen LogP contribution in [0.4, 0.5) is 14.5 Å². The highest BCUT2D eigenvalue weighted by Gasteiger charge is 2.46. The van der Waals surface area contributed by atoms with Gasteiger partial charge in [-0.05, 0) is 60.4 Å². The third-order valence-electron chi connectivity index (χ3n) is 7.06. The van der Waals surface area contributed by atoms with Crippen LogP contribution in [0.15, 0.2) is 43.0 Å². The number of ether oxygens (including phenoxy) is 1. The molecule has 0 radical (unpaired) electrons. The third-order valence-corrected chi connectivity index (χ3v) is 7.06. The van der Waals surface area contributed by atoms with Gasteiger partial charge in [-0.25, -0.2) is 28.7 Å². The first kappa shape index (κ1) is 19.7. The fourth-order valence-corrected chi connectivity index (χ4v) is 5.08. The number of halogens is 2. The Bertz CT molecular complexity index is 1130. The summed E-state index contributed by atoms with van der Waals surface area (Å²) < 4.78 is 34.6. The Kier molecular flexibility index (Phi) is 4.64. The number of nitrogens with zero attached hydrogens (tertiary/aromatic N) is 5. The van der Waals surface area contributed by atoms with Crippen molar-refractivity contribution >= 4 is 5.69 Å². The third kappa shape index (κ3) is 3.43. The Morgan fingerprint density at radius 3 is 2.25 bits per heavy atom. The summed E-state index contributed by atoms with van der Waals surface area (Å²) >= 11 is 0. The first-order valence-corrected chi connectivity index (χ1v) is 11.0. The minimum absolute atomic E-state index is 0.143. The van der Waals surface area contributed by atoms with Crippen LogP contribution in [0.1, 0.15) is 42.2 Å². The molecule has 2 aliphatic heterocycles. The monoisotopic (exact) mass is 435 g/mol. The molecular weight excluding hydrogens is 412 g/mol. The van der Waals surface area contributed by atoms with Crippen LogP contribution in [0.25, 0.3) is 11.6 Å². The molecule has 3 aromatic rings. The molecule has 0 bridgehead atoms. The summed E-state index contributed by atoms with van der Waals surface area (Å²) in [6.45, 7) is 3.04. The smallest absolute Gasteiger partial charge is 0.197 e. The number of anilines is 1. The summed E-state index contributed by atoms with van der Waals surface area (Å²) in [4.78, 5) is 19.1. The molecule has 2 aromatic heterocycles. The van der Waals surface area contributed by atoms with Gasteiger partial charge in [-0.2, -0.15) is 0 Å². The highest BCUT2D eigenvalue weighted by Crippen LogP contribution is 2.55. The average molecular weight is 435 g/mol. The molecule has 1 aliphatic carbocycles. The number of benzene rings is 1. The van der Waals surface area contributed by atoms with E-state index in [0.717, 1.165) is 56.7 Å². The molecule has 2 atom stereocenters. The lowest BCUT2D eigenvalue weighted by Gasteiger charge is -2.53. The Labute approximate surface area is 184 Å². The second-order valence-electron chi connectivity index (χ2n) is 9.17. The van der Waals surface area contributed by atoms with E-state index in [9.17, 15) is 8.78 Å². The fraction of sp³-hybridized carbons (Fsp3) is 0.417. The van der Waals surface area contributed by atoms with E-state index in [4.69, 9.17) is 4.74 Å². The number of hydrogen-bond donors (Lipinski definition) is 0. The molecule has 1 spiro atoms. The van der Waals surface area contributed by atoms with E-state index in [1.165, 1.54) is 6.07 Å². The van der Waals surface area contributed by atoms with Gasteiger partial charge in [-0.15, -0.1) is 0 Å². The quantitative estimate of drug-likeness (QED) is 0.615. The number of hydrogen-bond acceptors (Lipinski definition) is 6. The Balaban J connectivity index is 1.19. The second kappa shape index (κ2) is 7.55. The van der Waals surface area contributed by atoms with Crippen molar-refractivity contribution in [3.63, 3.8) is 0 Å². The largest absolute Gasteiger partial charge is 0.381 e. The zero-order valence-electron chi connectivity index (χ0n) is 17.5. The summed E-state index contributed by atoms with van der Waals surface area (Å²) in [6.07, 6.45) is 9.72. The van der Waals surface area contributed by atoms with Crippen molar-refractivity contribution in [1.29, 1.82) is 0 Å². The second-order valence-corrected chi connectivity index (χ2v) is 9.17. The number of rotatable bonds is 4. The van der Waals surface area contributed by atoms with Crippen LogP contribution < -0.4 is 4.90 Å². The highest BCUT2D eigenvalue weighted by atomic mass is 19.2. The van der Waals surface area contributed by atoms with Gasteiger partial charge in [-0.1, -0.05) is 0 Å². The fourth-order valence-electron chi connectivity index (χ4n) is 5.08. The standard InChI is InChI=1S/C24H23F2N5O/c25-19-8-15(9-20(21(19)26)31-13-24(14-31)2-6-32-7-3-24)17-10-18(17)16-11-29-23(30-12-16)22-27-4-1-5-28-22/h1,4-5,8-9,11-12,17-18H,2-3,6-7,10,13-14H2. The molecule has 1 saturated carbocycles. The van der Waals surface area contributed by atoms with Crippen LogP contribution in [-0.4, -0.2) is 46.2 Å². The van der Waals surface area contributed by atoms with Gasteiger partial charge in [0.05, 0.1) is 5.69 Å². The summed E-state index contributed by atoms with van der Waals surface area (Å²) in [5.74, 6) is -0.219. The first-order chi connectivity index (χ1) is 15.6. The van der Waals surface area contributed by atoms with E-state index in [0.29, 0.717) is 17.3 Å². The maximum atomic E-state index is 14.6. The van der Waals surface area contributed by atoms with E-state index in [2.05, 4.69) is 19.9 Å². The molecular formula is C24H23F2N5O. The summed E-state index contributed by atoms with van der Waals surface area (Å²) in [5, 5.41) is 0. The van der Waals surface area contributed by atoms with Crippen molar-refractivity contribution in [2.75, 3.05) is 31.2 Å². The van der Waals surface area contributed by atoms with Gasteiger partial charge in [0.25, 0.3) is 0 Å². The number of aromatic nitrogens is 4. The zero-order valence-corrected chi connectivity index (χ0v) is 17.5. The van der Waals surface area contributed by atoms with Gasteiger partial charge in [0, 0.05) is 56.5 Å². The zero-order chi connectivity index (χ0) is 21.7. The van der Waals surface area contributed by atoms with Crippen molar-refractivity contribution < 1.29 is 13.5 Å². The van der Waals surface area contributed by atoms with E-state index >= 15 is 0 Å². The van der Waals surface area contributed by atoms with Gasteiger partial charge >= 0.3 is 0 Å². The van der Waals surface area contributed by atoms with Crippen LogP contribution in [0.2, 0.25) is 0 Å². The normalized spacial score (nSPS) is 23.8. The molecule has 2 unspecified atom stereocenters. The van der Waals surface area contributed by atoms with Crippen LogP contribution in [0.3, 0.4) is 0 Å². The lowest BCUT2D eigenvalue weighted by Crippen LogP contribution is -2.58. The van der Waals surface area contributed by atoms with Gasteiger partial charge < -0.3 is 9.64 Å². The van der Waals surface area contributed by atoms with Crippen LogP contribution in [-0.2, 0) is 4.74 Å². The molecule has 6 rings (SSSR count). The predicted molar refractivity (Wildman–Crippen MR) is 114 cm³/mol. The maximum Gasteiger partial charge on any atom is 0.197 e. The van der Waals surface area contributed by atoms with Gasteiger partial charge in [0.15, 0.2) is 23.3 Å². The lowest BCUT2D eigenvalue weighted by molar-refractivity contribution is -0.000431. The van der Waals surface area contributed by atoms with Gasteiger partial charge in [-0.3, -0.25) is 0 Å². The van der Waals surface area contributed by atoms with Crippen molar-refractivity contribution in [2.45, 2.75) is 31.1 Å². The van der Waals surface area contributed by atoms with Gasteiger partial charge in [0.1, 0.15) is 0 Å². The van der Waals surface area contributed by atoms with E-state index in [1.807, 2.05) is 11.0 Å². The van der Waals surface area contributed by atoms with E-state index in [1.54, 1.807) is 30.9 Å². The average Bonchev–Trinajstić information content (AvgIpc) is 3.62. The molecule has 3 aliphatic rings. The Morgan fingerprint density at radius 2 is 1.53 bits per heavy atom. The topological polar surface area (TPSA) is 64.0 Å². The summed E-state index contributed by atoms with van der Waals surface area (Å²) in [7, 11) is 0. The minimum atomic E-state index is -0.774. The molecule has 2 saturated heterocycles. The van der Waals surface area contributed by atoms with E-state index < -0.39 is 11.6 Å². The van der Waals surface area contributed by atoms with Crippen molar-refractivity contribution in [2.24, 2.45) is 5.41 Å². The minimum Gasteiger partial charge on any atom is -0.381 e. The van der Waals surface area contributed by atoms with Crippen LogP contribution in [0, 0.1) is 17.0 Å². The summed E-state index contributed by atoms with van der Waals surface area (Å²) in [5.41, 5.74) is 2.41. The molecule has 6 nitrogen and oxygen atoms in total. The molecule has 8 heteroatoms. The molecule has 164 valence electrons. The maximum absolute atomic E-state index is 14.6.